The SMILES string of the molecule is CC(C)(C)OC(=O)N1C[C@H](O)C[C@@H](CNc2nc(Cl)cc3nccnc23)C1. The third-order valence-electron chi connectivity index (χ3n) is 4.15. The van der Waals surface area contributed by atoms with Gasteiger partial charge in [0.2, 0.25) is 0 Å². The molecule has 1 aliphatic rings. The van der Waals surface area contributed by atoms with Gasteiger partial charge in [0, 0.05) is 38.1 Å². The van der Waals surface area contributed by atoms with Gasteiger partial charge in [-0.2, -0.15) is 0 Å². The molecule has 1 fully saturated rings. The predicted octanol–water partition coefficient (Wildman–Crippen LogP) is 2.71. The first-order valence-corrected chi connectivity index (χ1v) is 9.26. The first kappa shape index (κ1) is 19.6. The minimum Gasteiger partial charge on any atom is -0.444 e. The Morgan fingerprint density at radius 3 is 2.85 bits per heavy atom. The van der Waals surface area contributed by atoms with Gasteiger partial charge in [-0.3, -0.25) is 4.98 Å². The van der Waals surface area contributed by atoms with Crippen LogP contribution in [0.2, 0.25) is 5.15 Å². The molecule has 27 heavy (non-hydrogen) atoms. The highest BCUT2D eigenvalue weighted by molar-refractivity contribution is 6.30. The van der Waals surface area contributed by atoms with Crippen molar-refractivity contribution in [2.75, 3.05) is 25.0 Å². The van der Waals surface area contributed by atoms with Crippen molar-refractivity contribution in [1.29, 1.82) is 0 Å². The first-order valence-electron chi connectivity index (χ1n) is 8.88. The molecule has 3 heterocycles. The van der Waals surface area contributed by atoms with E-state index in [2.05, 4.69) is 20.3 Å². The molecule has 0 aromatic carbocycles. The van der Waals surface area contributed by atoms with Crippen LogP contribution in [0.5, 0.6) is 0 Å². The largest absolute Gasteiger partial charge is 0.444 e. The molecule has 146 valence electrons. The molecule has 3 rings (SSSR count). The molecule has 2 aromatic rings. The molecule has 1 aliphatic heterocycles. The van der Waals surface area contributed by atoms with Crippen LogP contribution in [0.15, 0.2) is 18.5 Å². The molecule has 2 aromatic heterocycles. The van der Waals surface area contributed by atoms with Crippen molar-refractivity contribution in [2.45, 2.75) is 38.9 Å². The minimum atomic E-state index is -0.595. The number of carbonyl (C=O) groups is 1. The van der Waals surface area contributed by atoms with E-state index in [9.17, 15) is 9.90 Å². The highest BCUT2D eigenvalue weighted by Gasteiger charge is 2.31. The van der Waals surface area contributed by atoms with Gasteiger partial charge in [0.15, 0.2) is 5.82 Å². The molecule has 2 N–H and O–H groups in total. The number of fused-ring (bicyclic) bond motifs is 1. The Hall–Kier alpha value is -2.19. The van der Waals surface area contributed by atoms with Crippen LogP contribution < -0.4 is 5.32 Å². The van der Waals surface area contributed by atoms with Crippen molar-refractivity contribution in [3.63, 3.8) is 0 Å². The zero-order valence-corrected chi connectivity index (χ0v) is 16.4. The average Bonchev–Trinajstić information content (AvgIpc) is 2.57. The highest BCUT2D eigenvalue weighted by Crippen LogP contribution is 2.24. The number of hydrogen-bond donors (Lipinski definition) is 2. The van der Waals surface area contributed by atoms with Gasteiger partial charge >= 0.3 is 6.09 Å². The normalized spacial score (nSPS) is 20.6. The summed E-state index contributed by atoms with van der Waals surface area (Å²) in [5.74, 6) is 0.572. The summed E-state index contributed by atoms with van der Waals surface area (Å²) < 4.78 is 5.42. The number of ether oxygens (including phenoxy) is 1. The summed E-state index contributed by atoms with van der Waals surface area (Å²) in [6, 6.07) is 1.66. The minimum absolute atomic E-state index is 0.0359. The van der Waals surface area contributed by atoms with Crippen LogP contribution in [-0.2, 0) is 4.74 Å². The lowest BCUT2D eigenvalue weighted by atomic mass is 9.96. The second-order valence-corrected chi connectivity index (χ2v) is 8.13. The lowest BCUT2D eigenvalue weighted by molar-refractivity contribution is -0.00594. The van der Waals surface area contributed by atoms with Gasteiger partial charge in [-0.05, 0) is 33.1 Å². The topological polar surface area (TPSA) is 100 Å². The van der Waals surface area contributed by atoms with Crippen LogP contribution in [0.1, 0.15) is 27.2 Å². The van der Waals surface area contributed by atoms with E-state index in [-0.39, 0.29) is 12.5 Å². The number of aliphatic hydroxyl groups is 1. The molecule has 0 spiro atoms. The van der Waals surface area contributed by atoms with Crippen LogP contribution in [0.25, 0.3) is 11.0 Å². The highest BCUT2D eigenvalue weighted by atomic mass is 35.5. The molecule has 2 atom stereocenters. The van der Waals surface area contributed by atoms with Gasteiger partial charge in [0.05, 0.1) is 11.6 Å². The molecule has 1 amide bonds. The van der Waals surface area contributed by atoms with E-state index in [1.165, 1.54) is 0 Å². The predicted molar refractivity (Wildman–Crippen MR) is 103 cm³/mol. The van der Waals surface area contributed by atoms with Crippen LogP contribution in [0, 0.1) is 5.92 Å². The number of pyridine rings is 1. The van der Waals surface area contributed by atoms with Gasteiger partial charge in [-0.25, -0.2) is 14.8 Å². The first-order chi connectivity index (χ1) is 12.7. The van der Waals surface area contributed by atoms with Crippen molar-refractivity contribution in [3.8, 4) is 0 Å². The van der Waals surface area contributed by atoms with Crippen LogP contribution in [0.3, 0.4) is 0 Å². The number of nitrogens with zero attached hydrogens (tertiary/aromatic N) is 4. The Balaban J connectivity index is 1.68. The lowest BCUT2D eigenvalue weighted by Crippen LogP contribution is -2.49. The van der Waals surface area contributed by atoms with E-state index in [0.29, 0.717) is 41.5 Å². The molecule has 0 radical (unpaired) electrons. The number of amides is 1. The van der Waals surface area contributed by atoms with E-state index in [1.54, 1.807) is 23.4 Å². The second kappa shape index (κ2) is 7.82. The molecule has 0 aliphatic carbocycles. The van der Waals surface area contributed by atoms with Gasteiger partial charge in [0.25, 0.3) is 0 Å². The molecule has 1 saturated heterocycles. The number of anilines is 1. The Kier molecular flexibility index (Phi) is 5.67. The van der Waals surface area contributed by atoms with Crippen LogP contribution in [-0.4, -0.2) is 62.4 Å². The maximum atomic E-state index is 12.3. The van der Waals surface area contributed by atoms with Crippen LogP contribution in [0.4, 0.5) is 10.6 Å². The molecular weight excluding hydrogens is 370 g/mol. The molecular formula is C18H24ClN5O3. The number of β-amino-alcohol motifs (C(OH)–C–C–N with tert-alkyl or cyclic N) is 1. The Labute approximate surface area is 162 Å². The van der Waals surface area contributed by atoms with Crippen molar-refractivity contribution in [2.24, 2.45) is 5.92 Å². The summed E-state index contributed by atoms with van der Waals surface area (Å²) in [6.07, 6.45) is 2.76. The Morgan fingerprint density at radius 2 is 2.11 bits per heavy atom. The number of carbonyl (C=O) groups excluding carboxylic acids is 1. The fourth-order valence-electron chi connectivity index (χ4n) is 3.10. The number of hydrogen-bond acceptors (Lipinski definition) is 7. The fourth-order valence-corrected chi connectivity index (χ4v) is 3.29. The fraction of sp³-hybridized carbons (Fsp3) is 0.556. The second-order valence-electron chi connectivity index (χ2n) is 7.74. The zero-order chi connectivity index (χ0) is 19.6. The van der Waals surface area contributed by atoms with Gasteiger partial charge in [-0.1, -0.05) is 11.6 Å². The van der Waals surface area contributed by atoms with Gasteiger partial charge in [-0.15, -0.1) is 0 Å². The monoisotopic (exact) mass is 393 g/mol. The third-order valence-corrected chi connectivity index (χ3v) is 4.34. The number of aromatic nitrogens is 3. The number of aliphatic hydroxyl groups excluding tert-OH is 1. The Bertz CT molecular complexity index is 826. The quantitative estimate of drug-likeness (QED) is 0.773. The van der Waals surface area contributed by atoms with Crippen molar-refractivity contribution >= 4 is 34.5 Å². The molecule has 8 nitrogen and oxygen atoms in total. The molecule has 0 saturated carbocycles. The van der Waals surface area contributed by atoms with E-state index in [4.69, 9.17) is 16.3 Å². The number of piperidine rings is 1. The standard InChI is InChI=1S/C18H24ClN5O3/c1-18(2,3)27-17(26)24-9-11(6-12(25)10-24)8-22-16-15-13(7-14(19)23-16)20-4-5-21-15/h4-5,7,11-12,25H,6,8-10H2,1-3H3,(H,22,23)/t11-,12+/m0/s1. The summed E-state index contributed by atoms with van der Waals surface area (Å²) in [7, 11) is 0. The number of rotatable bonds is 3. The molecule has 0 bridgehead atoms. The van der Waals surface area contributed by atoms with Crippen molar-refractivity contribution < 1.29 is 14.6 Å². The number of halogens is 1. The summed E-state index contributed by atoms with van der Waals surface area (Å²) >= 11 is 6.07. The van der Waals surface area contributed by atoms with E-state index in [1.807, 2.05) is 20.8 Å². The Morgan fingerprint density at radius 1 is 1.37 bits per heavy atom. The maximum Gasteiger partial charge on any atom is 0.410 e. The lowest BCUT2D eigenvalue weighted by Gasteiger charge is -2.36. The van der Waals surface area contributed by atoms with E-state index in [0.717, 1.165) is 0 Å². The van der Waals surface area contributed by atoms with Crippen molar-refractivity contribution in [3.05, 3.63) is 23.6 Å². The number of likely N-dealkylation sites (tertiary alicyclic amines) is 1. The van der Waals surface area contributed by atoms with E-state index >= 15 is 0 Å². The van der Waals surface area contributed by atoms with Gasteiger partial charge in [0.1, 0.15) is 16.3 Å². The summed E-state index contributed by atoms with van der Waals surface area (Å²) in [4.78, 5) is 26.7. The van der Waals surface area contributed by atoms with E-state index < -0.39 is 17.8 Å². The molecule has 9 heteroatoms. The smallest absolute Gasteiger partial charge is 0.410 e. The third kappa shape index (κ3) is 5.17. The summed E-state index contributed by atoms with van der Waals surface area (Å²) in [6.45, 7) is 6.73. The summed E-state index contributed by atoms with van der Waals surface area (Å²) in [5.41, 5.74) is 0.705. The van der Waals surface area contributed by atoms with Gasteiger partial charge < -0.3 is 20.1 Å². The summed E-state index contributed by atoms with van der Waals surface area (Å²) in [5, 5.41) is 13.7. The number of nitrogens with one attached hydrogen (secondary N) is 1. The zero-order valence-electron chi connectivity index (χ0n) is 15.6. The molecule has 0 unspecified atom stereocenters. The average molecular weight is 394 g/mol. The maximum absolute atomic E-state index is 12.3. The van der Waals surface area contributed by atoms with Crippen molar-refractivity contribution in [1.82, 2.24) is 19.9 Å². The van der Waals surface area contributed by atoms with Crippen LogP contribution >= 0.6 is 11.6 Å².